The summed E-state index contributed by atoms with van der Waals surface area (Å²) in [5.74, 6) is 0.108. The van der Waals surface area contributed by atoms with Crippen molar-refractivity contribution >= 4 is 5.82 Å². The molecule has 9 heteroatoms. The number of halogens is 3. The van der Waals surface area contributed by atoms with Crippen LogP contribution in [0.5, 0.6) is 0 Å². The van der Waals surface area contributed by atoms with Gasteiger partial charge in [0.05, 0.1) is 23.5 Å². The zero-order valence-electron chi connectivity index (χ0n) is 17.5. The van der Waals surface area contributed by atoms with Crippen molar-refractivity contribution in [3.8, 4) is 17.3 Å². The Hall–Kier alpha value is -2.60. The lowest BCUT2D eigenvalue weighted by molar-refractivity contribution is -0.137. The van der Waals surface area contributed by atoms with Crippen LogP contribution in [0.2, 0.25) is 0 Å². The number of likely N-dealkylation sites (tertiary alicyclic amines) is 1. The zero-order chi connectivity index (χ0) is 21.8. The first-order valence-corrected chi connectivity index (χ1v) is 10.1. The monoisotopic (exact) mass is 418 g/mol. The number of hydrogen-bond acceptors (Lipinski definition) is 5. The summed E-state index contributed by atoms with van der Waals surface area (Å²) in [6.07, 6.45) is -0.467. The van der Waals surface area contributed by atoms with Crippen LogP contribution in [0.1, 0.15) is 51.3 Å². The molecule has 2 saturated heterocycles. The standard InChI is InChI=1S/C21H25F3N6/c1-13-5-6-29(13)19-16(8-25)17(21(22,23)24)7-18(27-19)14-9-26-30(10-14)15-11-28(12-15)20(2,3)4/h7,9-10,13,15H,5-6,11-12H2,1-4H3/t13-/m0/s1. The van der Waals surface area contributed by atoms with Crippen LogP contribution in [0.4, 0.5) is 19.0 Å². The van der Waals surface area contributed by atoms with Crippen LogP contribution < -0.4 is 4.90 Å². The lowest BCUT2D eigenvalue weighted by Gasteiger charge is -2.47. The van der Waals surface area contributed by atoms with Crippen molar-refractivity contribution in [2.75, 3.05) is 24.5 Å². The topological polar surface area (TPSA) is 61.0 Å². The van der Waals surface area contributed by atoms with E-state index in [2.05, 4.69) is 35.8 Å². The minimum atomic E-state index is -4.64. The SMILES string of the molecule is C[C@H]1CCN1c1nc(-c2cnn(C3CN(C(C)(C)C)C3)c2)cc(C(F)(F)F)c1C#N. The first-order chi connectivity index (χ1) is 14.0. The molecule has 0 N–H and O–H groups in total. The molecule has 2 aliphatic heterocycles. The molecule has 2 fully saturated rings. The molecule has 0 amide bonds. The number of rotatable bonds is 3. The molecule has 2 aromatic heterocycles. The Morgan fingerprint density at radius 3 is 2.40 bits per heavy atom. The van der Waals surface area contributed by atoms with Gasteiger partial charge in [0.2, 0.25) is 0 Å². The highest BCUT2D eigenvalue weighted by atomic mass is 19.4. The summed E-state index contributed by atoms with van der Waals surface area (Å²) in [6.45, 7) is 10.6. The highest BCUT2D eigenvalue weighted by Crippen LogP contribution is 2.40. The average Bonchev–Trinajstić information content (AvgIpc) is 3.06. The van der Waals surface area contributed by atoms with Crippen molar-refractivity contribution in [2.24, 2.45) is 0 Å². The van der Waals surface area contributed by atoms with Crippen molar-refractivity contribution in [1.29, 1.82) is 5.26 Å². The third-order valence-electron chi connectivity index (χ3n) is 6.09. The van der Waals surface area contributed by atoms with Crippen molar-refractivity contribution in [1.82, 2.24) is 19.7 Å². The van der Waals surface area contributed by atoms with Gasteiger partial charge in [-0.3, -0.25) is 9.58 Å². The fourth-order valence-electron chi connectivity index (χ4n) is 3.89. The maximum Gasteiger partial charge on any atom is 0.417 e. The summed E-state index contributed by atoms with van der Waals surface area (Å²) in [5, 5.41) is 13.8. The molecular weight excluding hydrogens is 393 g/mol. The van der Waals surface area contributed by atoms with Gasteiger partial charge in [-0.15, -0.1) is 0 Å². The minimum absolute atomic E-state index is 0.0574. The molecule has 0 saturated carbocycles. The Morgan fingerprint density at radius 2 is 1.90 bits per heavy atom. The first-order valence-electron chi connectivity index (χ1n) is 10.1. The van der Waals surface area contributed by atoms with Gasteiger partial charge in [0.25, 0.3) is 0 Å². The molecule has 0 unspecified atom stereocenters. The molecule has 4 heterocycles. The third kappa shape index (κ3) is 3.54. The van der Waals surface area contributed by atoms with Gasteiger partial charge in [0, 0.05) is 43.0 Å². The average molecular weight is 418 g/mol. The van der Waals surface area contributed by atoms with Crippen LogP contribution in [0.15, 0.2) is 18.5 Å². The molecule has 0 aromatic carbocycles. The number of nitriles is 1. The number of alkyl halides is 3. The van der Waals surface area contributed by atoms with E-state index in [4.69, 9.17) is 0 Å². The largest absolute Gasteiger partial charge is 0.417 e. The molecule has 0 bridgehead atoms. The summed E-state index contributed by atoms with van der Waals surface area (Å²) in [7, 11) is 0. The summed E-state index contributed by atoms with van der Waals surface area (Å²) in [5.41, 5.74) is -0.572. The van der Waals surface area contributed by atoms with E-state index in [9.17, 15) is 18.4 Å². The van der Waals surface area contributed by atoms with Crippen LogP contribution >= 0.6 is 0 Å². The van der Waals surface area contributed by atoms with Gasteiger partial charge in [-0.25, -0.2) is 4.98 Å². The van der Waals surface area contributed by atoms with Crippen LogP contribution in [0.3, 0.4) is 0 Å². The molecule has 160 valence electrons. The van der Waals surface area contributed by atoms with Gasteiger partial charge >= 0.3 is 6.18 Å². The maximum atomic E-state index is 13.7. The smallest absolute Gasteiger partial charge is 0.353 e. The molecular formula is C21H25F3N6. The Kier molecular flexibility index (Phi) is 4.81. The van der Waals surface area contributed by atoms with Crippen LogP contribution in [-0.4, -0.2) is 50.9 Å². The highest BCUT2D eigenvalue weighted by molar-refractivity contribution is 5.68. The Labute approximate surface area is 173 Å². The molecule has 6 nitrogen and oxygen atoms in total. The Balaban J connectivity index is 1.69. The van der Waals surface area contributed by atoms with E-state index in [0.29, 0.717) is 12.1 Å². The normalized spacial score (nSPS) is 20.6. The number of pyridine rings is 1. The number of hydrogen-bond donors (Lipinski definition) is 0. The van der Waals surface area contributed by atoms with Crippen molar-refractivity contribution in [2.45, 2.75) is 57.9 Å². The second-order valence-corrected chi connectivity index (χ2v) is 9.13. The number of nitrogens with zero attached hydrogens (tertiary/aromatic N) is 6. The predicted molar refractivity (Wildman–Crippen MR) is 107 cm³/mol. The highest BCUT2D eigenvalue weighted by Gasteiger charge is 2.39. The summed E-state index contributed by atoms with van der Waals surface area (Å²) >= 11 is 0. The molecule has 2 aliphatic rings. The molecule has 30 heavy (non-hydrogen) atoms. The van der Waals surface area contributed by atoms with E-state index in [1.807, 2.05) is 6.92 Å². The Morgan fingerprint density at radius 1 is 1.20 bits per heavy atom. The zero-order valence-corrected chi connectivity index (χ0v) is 17.5. The minimum Gasteiger partial charge on any atom is -0.353 e. The van der Waals surface area contributed by atoms with E-state index >= 15 is 0 Å². The van der Waals surface area contributed by atoms with E-state index in [0.717, 1.165) is 25.6 Å². The molecule has 2 aromatic rings. The van der Waals surface area contributed by atoms with Gasteiger partial charge in [0.15, 0.2) is 0 Å². The van der Waals surface area contributed by atoms with Gasteiger partial charge in [0.1, 0.15) is 17.5 Å². The van der Waals surface area contributed by atoms with Crippen molar-refractivity contribution in [3.05, 3.63) is 29.6 Å². The molecule has 0 spiro atoms. The third-order valence-corrected chi connectivity index (χ3v) is 6.09. The van der Waals surface area contributed by atoms with Crippen molar-refractivity contribution < 1.29 is 13.2 Å². The summed E-state index contributed by atoms with van der Waals surface area (Å²) in [4.78, 5) is 8.55. The van der Waals surface area contributed by atoms with E-state index < -0.39 is 17.3 Å². The molecule has 0 aliphatic carbocycles. The molecule has 4 rings (SSSR count). The van der Waals surface area contributed by atoms with E-state index in [1.54, 1.807) is 28.0 Å². The predicted octanol–water partition coefficient (Wildman–Crippen LogP) is 4.09. The van der Waals surface area contributed by atoms with Gasteiger partial charge in [-0.05, 0) is 40.2 Å². The lowest BCUT2D eigenvalue weighted by atomic mass is 9.98. The van der Waals surface area contributed by atoms with Crippen LogP contribution in [-0.2, 0) is 6.18 Å². The van der Waals surface area contributed by atoms with Crippen molar-refractivity contribution in [3.63, 3.8) is 0 Å². The quantitative estimate of drug-likeness (QED) is 0.751. The molecule has 0 radical (unpaired) electrons. The van der Waals surface area contributed by atoms with Crippen LogP contribution in [0, 0.1) is 11.3 Å². The second-order valence-electron chi connectivity index (χ2n) is 9.13. The Bertz CT molecular complexity index is 992. The van der Waals surface area contributed by atoms with Gasteiger partial charge < -0.3 is 4.90 Å². The summed E-state index contributed by atoms with van der Waals surface area (Å²) in [6, 6.07) is 2.94. The van der Waals surface area contributed by atoms with E-state index in [1.165, 1.54) is 0 Å². The number of aromatic nitrogens is 3. The van der Waals surface area contributed by atoms with Gasteiger partial charge in [-0.2, -0.15) is 23.5 Å². The maximum absolute atomic E-state index is 13.7. The second kappa shape index (κ2) is 6.98. The summed E-state index contributed by atoms with van der Waals surface area (Å²) < 4.78 is 43.0. The number of anilines is 1. The molecule has 1 atom stereocenters. The fourth-order valence-corrected chi connectivity index (χ4v) is 3.89. The first kappa shape index (κ1) is 20.7. The van der Waals surface area contributed by atoms with E-state index in [-0.39, 0.29) is 29.1 Å². The van der Waals surface area contributed by atoms with Gasteiger partial charge in [-0.1, -0.05) is 0 Å². The van der Waals surface area contributed by atoms with Crippen LogP contribution in [0.25, 0.3) is 11.3 Å². The lowest BCUT2D eigenvalue weighted by Crippen LogP contribution is -2.56. The fraction of sp³-hybridized carbons (Fsp3) is 0.571.